The van der Waals surface area contributed by atoms with Crippen molar-refractivity contribution in [1.82, 2.24) is 45.5 Å². The largest absolute Gasteiger partial charge is 0.344 e. The van der Waals surface area contributed by atoms with Crippen molar-refractivity contribution >= 4 is 11.7 Å². The molecule has 3 rings (SSSR count). The minimum Gasteiger partial charge on any atom is -0.344 e. The van der Waals surface area contributed by atoms with E-state index in [2.05, 4.69) is 41.0 Å². The fourth-order valence-electron chi connectivity index (χ4n) is 1.87. The number of carbonyl (C=O) groups is 1. The van der Waals surface area contributed by atoms with Gasteiger partial charge < -0.3 is 5.32 Å². The highest BCUT2D eigenvalue weighted by Gasteiger charge is 2.15. The Hall–Kier alpha value is -2.91. The quantitative estimate of drug-likeness (QED) is 0.632. The molecule has 0 aliphatic heterocycles. The van der Waals surface area contributed by atoms with Crippen molar-refractivity contribution < 1.29 is 4.79 Å². The highest BCUT2D eigenvalue weighted by Crippen LogP contribution is 2.09. The van der Waals surface area contributed by atoms with Gasteiger partial charge in [0.25, 0.3) is 11.7 Å². The highest BCUT2D eigenvalue weighted by molar-refractivity contribution is 5.95. The van der Waals surface area contributed by atoms with Crippen LogP contribution in [0.1, 0.15) is 28.8 Å². The van der Waals surface area contributed by atoms with Gasteiger partial charge in [0, 0.05) is 6.20 Å². The minimum atomic E-state index is -0.267. The zero-order valence-corrected chi connectivity index (χ0v) is 10.6. The predicted octanol–water partition coefficient (Wildman–Crippen LogP) is -0.870. The molecule has 3 heterocycles. The van der Waals surface area contributed by atoms with Gasteiger partial charge in [0.2, 0.25) is 0 Å². The van der Waals surface area contributed by atoms with Gasteiger partial charge in [-0.05, 0) is 6.42 Å². The summed E-state index contributed by atoms with van der Waals surface area (Å²) in [6.45, 7) is 2.13. The Balaban J connectivity index is 1.86. The van der Waals surface area contributed by atoms with Crippen LogP contribution in [0.5, 0.6) is 0 Å². The molecule has 0 aromatic carbocycles. The molecule has 0 saturated carbocycles. The Bertz CT molecular complexity index is 732. The molecule has 3 aromatic rings. The van der Waals surface area contributed by atoms with Crippen LogP contribution >= 0.6 is 0 Å². The molecule has 0 atom stereocenters. The monoisotopic (exact) mass is 273 g/mol. The molecule has 0 fully saturated rings. The second-order valence-corrected chi connectivity index (χ2v) is 3.95. The van der Waals surface area contributed by atoms with E-state index in [1.807, 2.05) is 6.92 Å². The molecule has 102 valence electrons. The van der Waals surface area contributed by atoms with Gasteiger partial charge in [-0.3, -0.25) is 4.79 Å². The summed E-state index contributed by atoms with van der Waals surface area (Å²) in [5.74, 6) is 0.610. The molecule has 0 bridgehead atoms. The number of hydrogen-bond acceptors (Lipinski definition) is 7. The van der Waals surface area contributed by atoms with Crippen molar-refractivity contribution in [3.8, 4) is 0 Å². The van der Waals surface area contributed by atoms with Crippen molar-refractivity contribution in [1.29, 1.82) is 0 Å². The summed E-state index contributed by atoms with van der Waals surface area (Å²) in [5, 5.41) is 20.0. The number of carbonyl (C=O) groups excluding carboxylic acids is 1. The Morgan fingerprint density at radius 2 is 2.35 bits per heavy atom. The SMILES string of the molecule is CCc1c(C(=O)NCc2nn[nH]n2)cnc2ncnn12. The van der Waals surface area contributed by atoms with E-state index >= 15 is 0 Å². The number of aromatic nitrogens is 8. The summed E-state index contributed by atoms with van der Waals surface area (Å²) in [5.41, 5.74) is 1.20. The lowest BCUT2D eigenvalue weighted by Gasteiger charge is -2.08. The Kier molecular flexibility index (Phi) is 3.03. The number of fused-ring (bicyclic) bond motifs is 1. The first-order valence-electron chi connectivity index (χ1n) is 5.97. The molecule has 2 N–H and O–H groups in total. The van der Waals surface area contributed by atoms with E-state index in [1.165, 1.54) is 12.5 Å². The number of rotatable bonds is 4. The number of nitrogens with zero attached hydrogens (tertiary/aromatic N) is 7. The summed E-state index contributed by atoms with van der Waals surface area (Å²) < 4.78 is 1.56. The summed E-state index contributed by atoms with van der Waals surface area (Å²) in [6, 6.07) is 0. The van der Waals surface area contributed by atoms with Crippen LogP contribution in [0.15, 0.2) is 12.5 Å². The third kappa shape index (κ3) is 2.06. The Morgan fingerprint density at radius 3 is 3.10 bits per heavy atom. The standard InChI is InChI=1S/C10H11N9O/c1-2-7-6(3-12-10-13-5-14-19(7)10)9(20)11-4-8-15-17-18-16-8/h3,5H,2,4H2,1H3,(H,11,20)(H,15,16,17,18). The van der Waals surface area contributed by atoms with E-state index in [1.54, 1.807) is 4.52 Å². The van der Waals surface area contributed by atoms with Gasteiger partial charge in [0.1, 0.15) is 6.33 Å². The summed E-state index contributed by atoms with van der Waals surface area (Å²) in [4.78, 5) is 20.3. The Morgan fingerprint density at radius 1 is 1.45 bits per heavy atom. The number of aromatic amines is 1. The molecule has 3 aromatic heterocycles. The molecule has 0 radical (unpaired) electrons. The topological polar surface area (TPSA) is 127 Å². The van der Waals surface area contributed by atoms with Crippen LogP contribution in [-0.2, 0) is 13.0 Å². The van der Waals surface area contributed by atoms with Crippen LogP contribution in [0.4, 0.5) is 0 Å². The van der Waals surface area contributed by atoms with Gasteiger partial charge in [0.05, 0.1) is 17.8 Å². The molecule has 20 heavy (non-hydrogen) atoms. The lowest BCUT2D eigenvalue weighted by molar-refractivity contribution is 0.0948. The lowest BCUT2D eigenvalue weighted by Crippen LogP contribution is -2.26. The summed E-state index contributed by atoms with van der Waals surface area (Å²) >= 11 is 0. The first-order chi connectivity index (χ1) is 9.79. The van der Waals surface area contributed by atoms with Crippen molar-refractivity contribution in [2.45, 2.75) is 19.9 Å². The fraction of sp³-hybridized carbons (Fsp3) is 0.300. The first-order valence-corrected chi connectivity index (χ1v) is 5.97. The zero-order valence-electron chi connectivity index (χ0n) is 10.6. The Labute approximate surface area is 112 Å². The van der Waals surface area contributed by atoms with Gasteiger partial charge >= 0.3 is 0 Å². The zero-order chi connectivity index (χ0) is 13.9. The molecule has 0 aliphatic rings. The molecule has 0 unspecified atom stereocenters. The summed E-state index contributed by atoms with van der Waals surface area (Å²) in [6.07, 6.45) is 3.53. The van der Waals surface area contributed by atoms with Gasteiger partial charge in [0.15, 0.2) is 5.82 Å². The number of aryl methyl sites for hydroxylation is 1. The van der Waals surface area contributed by atoms with Gasteiger partial charge in [-0.1, -0.05) is 12.1 Å². The number of hydrogen-bond donors (Lipinski definition) is 2. The van der Waals surface area contributed by atoms with Gasteiger partial charge in [-0.15, -0.1) is 10.2 Å². The molecular weight excluding hydrogens is 262 g/mol. The van der Waals surface area contributed by atoms with E-state index in [-0.39, 0.29) is 12.5 Å². The number of H-pyrrole nitrogens is 1. The van der Waals surface area contributed by atoms with E-state index in [0.29, 0.717) is 23.6 Å². The minimum absolute atomic E-state index is 0.188. The smallest absolute Gasteiger partial charge is 0.255 e. The first kappa shape index (κ1) is 12.1. The third-order valence-electron chi connectivity index (χ3n) is 2.78. The summed E-state index contributed by atoms with van der Waals surface area (Å²) in [7, 11) is 0. The van der Waals surface area contributed by atoms with Crippen molar-refractivity contribution in [3.05, 3.63) is 29.6 Å². The second-order valence-electron chi connectivity index (χ2n) is 3.95. The average Bonchev–Trinajstić information content (AvgIpc) is 3.14. The maximum absolute atomic E-state index is 12.2. The van der Waals surface area contributed by atoms with Crippen LogP contribution < -0.4 is 5.32 Å². The van der Waals surface area contributed by atoms with Crippen LogP contribution in [-0.4, -0.2) is 46.1 Å². The van der Waals surface area contributed by atoms with Crippen LogP contribution in [0.25, 0.3) is 5.78 Å². The normalized spacial score (nSPS) is 10.8. The van der Waals surface area contributed by atoms with Crippen LogP contribution in [0.2, 0.25) is 0 Å². The molecule has 10 nitrogen and oxygen atoms in total. The maximum atomic E-state index is 12.2. The van der Waals surface area contributed by atoms with Gasteiger partial charge in [-0.25, -0.2) is 9.50 Å². The van der Waals surface area contributed by atoms with E-state index in [0.717, 1.165) is 5.69 Å². The molecule has 10 heteroatoms. The molecule has 0 aliphatic carbocycles. The number of amides is 1. The van der Waals surface area contributed by atoms with Crippen molar-refractivity contribution in [2.75, 3.05) is 0 Å². The number of tetrazole rings is 1. The number of nitrogens with one attached hydrogen (secondary N) is 2. The van der Waals surface area contributed by atoms with E-state index in [9.17, 15) is 4.79 Å². The average molecular weight is 273 g/mol. The third-order valence-corrected chi connectivity index (χ3v) is 2.78. The van der Waals surface area contributed by atoms with Crippen LogP contribution in [0.3, 0.4) is 0 Å². The van der Waals surface area contributed by atoms with E-state index < -0.39 is 0 Å². The molecule has 1 amide bonds. The molecular formula is C10H11N9O. The van der Waals surface area contributed by atoms with Crippen LogP contribution in [0, 0.1) is 0 Å². The lowest BCUT2D eigenvalue weighted by atomic mass is 10.2. The molecule has 0 saturated heterocycles. The maximum Gasteiger partial charge on any atom is 0.255 e. The second kappa shape index (κ2) is 4.99. The van der Waals surface area contributed by atoms with Crippen molar-refractivity contribution in [2.24, 2.45) is 0 Å². The fourth-order valence-corrected chi connectivity index (χ4v) is 1.87. The predicted molar refractivity (Wildman–Crippen MR) is 65.5 cm³/mol. The van der Waals surface area contributed by atoms with E-state index in [4.69, 9.17) is 0 Å². The van der Waals surface area contributed by atoms with Crippen molar-refractivity contribution in [3.63, 3.8) is 0 Å². The van der Waals surface area contributed by atoms with Gasteiger partial charge in [-0.2, -0.15) is 15.3 Å². The molecule has 0 spiro atoms. The highest BCUT2D eigenvalue weighted by atomic mass is 16.1.